The zero-order valence-electron chi connectivity index (χ0n) is 47.0. The predicted molar refractivity (Wildman–Crippen MR) is 303 cm³/mol. The Morgan fingerprint density at radius 3 is 1.20 bits per heavy atom. The molecule has 0 saturated carbocycles. The third kappa shape index (κ3) is 56.9. The molecule has 0 radical (unpaired) electrons. The molecule has 0 aliphatic rings. The number of hydrogen-bond donors (Lipinski definition) is 1. The number of rotatable bonds is 54. The first-order chi connectivity index (χ1) is 34.5. The van der Waals surface area contributed by atoms with E-state index >= 15 is 0 Å². The monoisotopic (exact) mass is 1020 g/mol. The highest BCUT2D eigenvalue weighted by molar-refractivity contribution is 7.47. The lowest BCUT2D eigenvalue weighted by atomic mass is 10.0. The summed E-state index contributed by atoms with van der Waals surface area (Å²) in [4.78, 5) is 35.7. The van der Waals surface area contributed by atoms with Crippen LogP contribution in [0.4, 0.5) is 0 Å². The van der Waals surface area contributed by atoms with Crippen molar-refractivity contribution < 1.29 is 42.1 Å². The average Bonchev–Trinajstić information content (AvgIpc) is 3.33. The van der Waals surface area contributed by atoms with E-state index in [0.29, 0.717) is 17.4 Å². The molecule has 0 aromatic heterocycles. The fourth-order valence-corrected chi connectivity index (χ4v) is 9.02. The normalized spacial score (nSPS) is 13.7. The standard InChI is InChI=1S/C61H112NO8P/c1-6-8-10-12-14-16-18-20-22-24-26-28-30-32-33-35-37-39-41-43-45-47-49-51-53-60(63)67-57-59(58-69-71(65,66)68-56-55-62(3,4)5)70-61(64)54-52-50-48-46-44-42-40-38-36-34-31-29-27-25-23-21-19-17-15-13-11-9-7-2/h9,11,15,17,21,23,27,29,34,36,59H,6-8,10,12-14,16,18-20,22,24-26,28,30-33,35,37-58H2,1-5H3/p+1/b11-9-,17-15-,23-21-,29-27-,36-34-. The Bertz CT molecular complexity index is 1380. The SMILES string of the molecule is CC/C=C\C/C=C\C/C=C\C/C=C\C/C=C\CCCCCCCCCC(=O)OC(COC(=O)CCCCCCCCCCCCCCCCCCCCCCCCCC)COP(=O)(O)OCC[N+](C)(C)C. The van der Waals surface area contributed by atoms with Gasteiger partial charge in [-0.25, -0.2) is 4.57 Å². The van der Waals surface area contributed by atoms with Crippen molar-refractivity contribution in [3.63, 3.8) is 0 Å². The summed E-state index contributed by atoms with van der Waals surface area (Å²) in [5.74, 6) is -0.801. The second-order valence-electron chi connectivity index (χ2n) is 21.0. The second-order valence-corrected chi connectivity index (χ2v) is 22.5. The summed E-state index contributed by atoms with van der Waals surface area (Å²) in [6, 6.07) is 0. The molecule has 9 nitrogen and oxygen atoms in total. The molecule has 0 aromatic rings. The van der Waals surface area contributed by atoms with Crippen LogP contribution in [0, 0.1) is 0 Å². The highest BCUT2D eigenvalue weighted by Crippen LogP contribution is 2.43. The summed E-state index contributed by atoms with van der Waals surface area (Å²) >= 11 is 0. The first-order valence-electron chi connectivity index (χ1n) is 29.5. The van der Waals surface area contributed by atoms with Crippen LogP contribution in [0.25, 0.3) is 0 Å². The largest absolute Gasteiger partial charge is 0.472 e. The van der Waals surface area contributed by atoms with E-state index in [2.05, 4.69) is 74.6 Å². The number of ether oxygens (including phenoxy) is 2. The minimum absolute atomic E-state index is 0.0284. The van der Waals surface area contributed by atoms with Gasteiger partial charge in [-0.1, -0.05) is 254 Å². The van der Waals surface area contributed by atoms with E-state index in [1.165, 1.54) is 154 Å². The molecule has 71 heavy (non-hydrogen) atoms. The van der Waals surface area contributed by atoms with Crippen LogP contribution in [-0.2, 0) is 32.7 Å². The fraction of sp³-hybridized carbons (Fsp3) is 0.803. The number of carbonyl (C=O) groups is 2. The van der Waals surface area contributed by atoms with E-state index < -0.39 is 26.5 Å². The Balaban J connectivity index is 4.16. The lowest BCUT2D eigenvalue weighted by Gasteiger charge is -2.24. The Hall–Kier alpha value is -2.29. The van der Waals surface area contributed by atoms with Crippen molar-refractivity contribution in [2.75, 3.05) is 47.5 Å². The van der Waals surface area contributed by atoms with Gasteiger partial charge >= 0.3 is 19.8 Å². The Morgan fingerprint density at radius 2 is 0.803 bits per heavy atom. The molecule has 0 bridgehead atoms. The van der Waals surface area contributed by atoms with Crippen LogP contribution < -0.4 is 0 Å². The minimum Gasteiger partial charge on any atom is -0.462 e. The van der Waals surface area contributed by atoms with Crippen LogP contribution in [0.2, 0.25) is 0 Å². The van der Waals surface area contributed by atoms with Crippen molar-refractivity contribution in [2.45, 2.75) is 270 Å². The number of unbranched alkanes of at least 4 members (excludes halogenated alkanes) is 30. The zero-order chi connectivity index (χ0) is 52.0. The second kappa shape index (κ2) is 52.6. The fourth-order valence-electron chi connectivity index (χ4n) is 8.28. The van der Waals surface area contributed by atoms with Crippen molar-refractivity contribution in [3.05, 3.63) is 60.8 Å². The summed E-state index contributed by atoms with van der Waals surface area (Å²) < 4.78 is 34.6. The van der Waals surface area contributed by atoms with Gasteiger partial charge in [0.05, 0.1) is 27.7 Å². The summed E-state index contributed by atoms with van der Waals surface area (Å²) in [5, 5.41) is 0. The first-order valence-corrected chi connectivity index (χ1v) is 31.0. The molecule has 0 amide bonds. The zero-order valence-corrected chi connectivity index (χ0v) is 47.9. The summed E-state index contributed by atoms with van der Waals surface area (Å²) in [5.41, 5.74) is 0. The van der Waals surface area contributed by atoms with Crippen LogP contribution >= 0.6 is 7.82 Å². The lowest BCUT2D eigenvalue weighted by molar-refractivity contribution is -0.870. The molecule has 0 heterocycles. The van der Waals surface area contributed by atoms with Crippen molar-refractivity contribution in [2.24, 2.45) is 0 Å². The van der Waals surface area contributed by atoms with E-state index in [1.807, 2.05) is 21.1 Å². The van der Waals surface area contributed by atoms with Crippen molar-refractivity contribution in [3.8, 4) is 0 Å². The first kappa shape index (κ1) is 68.7. The average molecular weight is 1020 g/mol. The number of carbonyl (C=O) groups excluding carboxylic acids is 2. The maximum Gasteiger partial charge on any atom is 0.472 e. The third-order valence-electron chi connectivity index (χ3n) is 12.8. The smallest absolute Gasteiger partial charge is 0.462 e. The molecule has 2 unspecified atom stereocenters. The number of esters is 2. The van der Waals surface area contributed by atoms with E-state index in [-0.39, 0.29) is 32.0 Å². The van der Waals surface area contributed by atoms with Gasteiger partial charge in [0.1, 0.15) is 19.8 Å². The van der Waals surface area contributed by atoms with Crippen LogP contribution in [0.5, 0.6) is 0 Å². The van der Waals surface area contributed by atoms with Gasteiger partial charge in [0.2, 0.25) is 0 Å². The Labute approximate surface area is 438 Å². The van der Waals surface area contributed by atoms with Crippen molar-refractivity contribution >= 4 is 19.8 Å². The van der Waals surface area contributed by atoms with E-state index in [4.69, 9.17) is 18.5 Å². The van der Waals surface area contributed by atoms with E-state index in [1.54, 1.807) is 0 Å². The molecule has 414 valence electrons. The topological polar surface area (TPSA) is 108 Å². The summed E-state index contributed by atoms with van der Waals surface area (Å²) in [7, 11) is 1.47. The third-order valence-corrected chi connectivity index (χ3v) is 13.8. The molecule has 10 heteroatoms. The molecule has 0 spiro atoms. The van der Waals surface area contributed by atoms with Gasteiger partial charge in [-0.2, -0.15) is 0 Å². The summed E-state index contributed by atoms with van der Waals surface area (Å²) in [6.07, 6.45) is 67.2. The molecule has 0 saturated heterocycles. The minimum atomic E-state index is -4.39. The number of phosphoric acid groups is 1. The van der Waals surface area contributed by atoms with Crippen LogP contribution in [0.1, 0.15) is 264 Å². The van der Waals surface area contributed by atoms with Gasteiger partial charge in [0.25, 0.3) is 0 Å². The number of hydrogen-bond acceptors (Lipinski definition) is 7. The van der Waals surface area contributed by atoms with Gasteiger partial charge in [-0.15, -0.1) is 0 Å². The maximum atomic E-state index is 12.8. The van der Waals surface area contributed by atoms with Crippen LogP contribution in [-0.4, -0.2) is 74.9 Å². The number of phosphoric ester groups is 1. The predicted octanol–water partition coefficient (Wildman–Crippen LogP) is 18.3. The molecular weight excluding hydrogens is 906 g/mol. The Morgan fingerprint density at radius 1 is 0.451 bits per heavy atom. The van der Waals surface area contributed by atoms with Gasteiger partial charge in [0, 0.05) is 12.8 Å². The molecule has 2 atom stereocenters. The highest BCUT2D eigenvalue weighted by Gasteiger charge is 2.27. The maximum absolute atomic E-state index is 12.8. The molecule has 0 aromatic carbocycles. The van der Waals surface area contributed by atoms with Crippen molar-refractivity contribution in [1.82, 2.24) is 0 Å². The van der Waals surface area contributed by atoms with Crippen molar-refractivity contribution in [1.29, 1.82) is 0 Å². The van der Waals surface area contributed by atoms with Crippen LogP contribution in [0.3, 0.4) is 0 Å². The van der Waals surface area contributed by atoms with Gasteiger partial charge in [-0.05, 0) is 57.8 Å². The number of likely N-dealkylation sites (N-methyl/N-ethyl adjacent to an activating group) is 1. The van der Waals surface area contributed by atoms with Gasteiger partial charge in [-0.3, -0.25) is 18.6 Å². The van der Waals surface area contributed by atoms with Gasteiger partial charge < -0.3 is 18.9 Å². The molecule has 0 fully saturated rings. The van der Waals surface area contributed by atoms with E-state index in [9.17, 15) is 19.0 Å². The molecule has 1 N–H and O–H groups in total. The molecule has 0 aliphatic carbocycles. The quantitative estimate of drug-likeness (QED) is 0.0211. The number of nitrogens with zero attached hydrogens (tertiary/aromatic N) is 1. The molecular formula is C61H113NO8P+. The number of allylic oxidation sites excluding steroid dienone is 10. The van der Waals surface area contributed by atoms with E-state index in [0.717, 1.165) is 77.0 Å². The molecule has 0 rings (SSSR count). The number of quaternary nitrogens is 1. The van der Waals surface area contributed by atoms with Crippen LogP contribution in [0.15, 0.2) is 60.8 Å². The Kier molecular flexibility index (Phi) is 50.9. The van der Waals surface area contributed by atoms with Gasteiger partial charge in [0.15, 0.2) is 6.10 Å². The lowest BCUT2D eigenvalue weighted by Crippen LogP contribution is -2.37. The highest BCUT2D eigenvalue weighted by atomic mass is 31.2. The molecule has 0 aliphatic heterocycles. The summed E-state index contributed by atoms with van der Waals surface area (Å²) in [6.45, 7) is 4.34.